The Morgan fingerprint density at radius 2 is 1.76 bits per heavy atom. The number of thiazole rings is 1. The number of phenolic OH excluding ortho intramolecular Hbond substituents is 1. The maximum atomic E-state index is 14.1. The van der Waals surface area contributed by atoms with Crippen LogP contribution in [0.25, 0.3) is 11.3 Å². The fraction of sp³-hybridized carbons (Fsp3) is 0.312. The third-order valence-electron chi connectivity index (χ3n) is 9.22. The van der Waals surface area contributed by atoms with E-state index in [1.54, 1.807) is 19.1 Å². The summed E-state index contributed by atoms with van der Waals surface area (Å²) in [5.74, 6) is -9.37. The maximum absolute atomic E-state index is 14.1. The van der Waals surface area contributed by atoms with Crippen molar-refractivity contribution in [2.24, 2.45) is 17.6 Å². The molecule has 13 heteroatoms. The van der Waals surface area contributed by atoms with E-state index < -0.39 is 81.4 Å². The Balaban J connectivity index is 1.47. The molecule has 45 heavy (non-hydrogen) atoms. The van der Waals surface area contributed by atoms with Gasteiger partial charge >= 0.3 is 0 Å². The van der Waals surface area contributed by atoms with Crippen molar-refractivity contribution in [3.8, 4) is 17.0 Å². The van der Waals surface area contributed by atoms with Gasteiger partial charge in [0.25, 0.3) is 5.91 Å². The van der Waals surface area contributed by atoms with Gasteiger partial charge < -0.3 is 36.6 Å². The number of nitrogens with one attached hydrogen (secondary N) is 1. The number of rotatable bonds is 5. The molecule has 3 aliphatic rings. The van der Waals surface area contributed by atoms with Crippen molar-refractivity contribution in [3.05, 3.63) is 81.1 Å². The van der Waals surface area contributed by atoms with Gasteiger partial charge in [-0.15, -0.1) is 11.3 Å². The Hall–Kier alpha value is -4.56. The molecule has 8 N–H and O–H groups in total. The number of carbonyl (C=O) groups excluding carboxylic acids is 3. The summed E-state index contributed by atoms with van der Waals surface area (Å²) in [7, 11) is 2.98. The molecular formula is C32H32N4O8S. The smallest absolute Gasteiger partial charge is 0.255 e. The Morgan fingerprint density at radius 3 is 2.38 bits per heavy atom. The fourth-order valence-corrected chi connectivity index (χ4v) is 8.00. The molecule has 3 aliphatic carbocycles. The number of Topliss-reactive ketones (excluding diaryl/α,β-unsaturated/α-hetero) is 2. The van der Waals surface area contributed by atoms with Crippen LogP contribution in [0.3, 0.4) is 0 Å². The number of nitrogens with two attached hydrogens (primary N) is 1. The minimum absolute atomic E-state index is 0.152. The normalized spacial score (nSPS) is 27.8. The van der Waals surface area contributed by atoms with E-state index in [9.17, 15) is 39.9 Å². The number of carbonyl (C=O) groups is 3. The average Bonchev–Trinajstić information content (AvgIpc) is 3.35. The fourth-order valence-electron chi connectivity index (χ4n) is 7.15. The minimum atomic E-state index is -2.97. The monoisotopic (exact) mass is 632 g/mol. The largest absolute Gasteiger partial charge is 0.510 e. The van der Waals surface area contributed by atoms with Crippen LogP contribution in [0.5, 0.6) is 5.75 Å². The van der Waals surface area contributed by atoms with Crippen LogP contribution in [0, 0.1) is 18.8 Å². The second-order valence-corrected chi connectivity index (χ2v) is 13.1. The van der Waals surface area contributed by atoms with Crippen molar-refractivity contribution in [1.82, 2.24) is 9.88 Å². The summed E-state index contributed by atoms with van der Waals surface area (Å²) in [5, 5.41) is 61.1. The van der Waals surface area contributed by atoms with Crippen molar-refractivity contribution in [1.29, 1.82) is 0 Å². The number of ketones is 2. The number of anilines is 2. The highest BCUT2D eigenvalue weighted by molar-refractivity contribution is 7.16. The van der Waals surface area contributed by atoms with Crippen LogP contribution in [0.15, 0.2) is 65.1 Å². The lowest BCUT2D eigenvalue weighted by Crippen LogP contribution is -2.68. The zero-order chi connectivity index (χ0) is 32.7. The van der Waals surface area contributed by atoms with Crippen LogP contribution in [-0.2, 0) is 9.59 Å². The van der Waals surface area contributed by atoms with E-state index in [0.717, 1.165) is 16.1 Å². The van der Waals surface area contributed by atoms with Gasteiger partial charge in [-0.05, 0) is 38.6 Å². The number of aromatic hydroxyl groups is 1. The molecule has 0 fully saturated rings. The van der Waals surface area contributed by atoms with Crippen molar-refractivity contribution in [2.45, 2.75) is 37.5 Å². The van der Waals surface area contributed by atoms with Crippen molar-refractivity contribution in [3.63, 3.8) is 0 Å². The van der Waals surface area contributed by atoms with E-state index in [1.165, 1.54) is 30.3 Å². The average molecular weight is 633 g/mol. The van der Waals surface area contributed by atoms with Gasteiger partial charge in [0.2, 0.25) is 5.78 Å². The Morgan fingerprint density at radius 1 is 1.09 bits per heavy atom. The maximum Gasteiger partial charge on any atom is 0.255 e. The molecule has 0 bridgehead atoms. The summed E-state index contributed by atoms with van der Waals surface area (Å²) in [6.07, 6.45) is -1.66. The quantitative estimate of drug-likeness (QED) is 0.161. The second kappa shape index (κ2) is 10.5. The van der Waals surface area contributed by atoms with Gasteiger partial charge in [-0.2, -0.15) is 0 Å². The Labute approximate surface area is 261 Å². The summed E-state index contributed by atoms with van der Waals surface area (Å²) < 4.78 is 0. The lowest BCUT2D eigenvalue weighted by Gasteiger charge is -2.53. The zero-order valence-electron chi connectivity index (χ0n) is 24.8. The molecule has 1 aromatic heterocycles. The Kier molecular flexibility index (Phi) is 7.12. The van der Waals surface area contributed by atoms with Gasteiger partial charge in [-0.1, -0.05) is 43.3 Å². The second-order valence-electron chi connectivity index (χ2n) is 11.9. The highest BCUT2D eigenvalue weighted by atomic mass is 32.1. The predicted octanol–water partition coefficient (Wildman–Crippen LogP) is 2.83. The lowest BCUT2D eigenvalue weighted by atomic mass is 9.55. The highest BCUT2D eigenvalue weighted by Crippen LogP contribution is 2.56. The summed E-state index contributed by atoms with van der Waals surface area (Å²) >= 11 is 1.35. The molecule has 6 unspecified atom stereocenters. The van der Waals surface area contributed by atoms with Crippen molar-refractivity contribution >= 4 is 39.6 Å². The van der Waals surface area contributed by atoms with Gasteiger partial charge in [0, 0.05) is 21.9 Å². The van der Waals surface area contributed by atoms with E-state index in [0.29, 0.717) is 10.7 Å². The molecule has 1 amide bonds. The summed E-state index contributed by atoms with van der Waals surface area (Å²) in [6, 6.07) is 11.4. The number of likely N-dealkylation sites (N-methyl/N-ethyl adjacent to an activating group) is 1. The number of nitrogens with zero attached hydrogens (tertiary/aromatic N) is 2. The third-order valence-corrected chi connectivity index (χ3v) is 10.1. The predicted molar refractivity (Wildman–Crippen MR) is 165 cm³/mol. The molecule has 6 atom stereocenters. The minimum Gasteiger partial charge on any atom is -0.510 e. The first kappa shape index (κ1) is 30.5. The van der Waals surface area contributed by atoms with Crippen LogP contribution in [0.4, 0.5) is 10.8 Å². The van der Waals surface area contributed by atoms with Crippen LogP contribution in [-0.4, -0.2) is 84.7 Å². The first-order valence-corrected chi connectivity index (χ1v) is 15.0. The van der Waals surface area contributed by atoms with Crippen LogP contribution in [0.2, 0.25) is 0 Å². The number of hydrogen-bond donors (Lipinski definition) is 7. The van der Waals surface area contributed by atoms with E-state index in [1.807, 2.05) is 37.3 Å². The topological polar surface area (TPSA) is 207 Å². The molecule has 6 rings (SSSR count). The molecule has 0 aliphatic heterocycles. The molecule has 0 saturated carbocycles. The number of primary amides is 1. The van der Waals surface area contributed by atoms with E-state index in [2.05, 4.69) is 10.3 Å². The molecule has 234 valence electrons. The van der Waals surface area contributed by atoms with Crippen LogP contribution in [0.1, 0.15) is 33.6 Å². The van der Waals surface area contributed by atoms with Gasteiger partial charge in [0.15, 0.2) is 22.3 Å². The van der Waals surface area contributed by atoms with Gasteiger partial charge in [-0.3, -0.25) is 19.3 Å². The number of benzene rings is 2. The first-order valence-electron chi connectivity index (χ1n) is 14.2. The number of aliphatic hydroxyl groups is 4. The van der Waals surface area contributed by atoms with E-state index >= 15 is 0 Å². The molecule has 0 saturated heterocycles. The number of aliphatic hydroxyl groups excluding tert-OH is 3. The molecule has 3 aromatic rings. The number of amides is 1. The standard InChI is InChI=1S/C32H32N4O8S/c1-12-15-10-11-16(34-31-35-22(13(2)45-31)14-8-6-5-7-9-14)24(37)18(15)25(38)19-17(12)26(39)21-23(36(3)4)27(40)20(30(33)43)29(42)32(21,44)28(19)41/h5-12,17,21,23,26,37,39-41,44H,1-4H3,(H2,33,43)(H,34,35). The molecule has 1 heterocycles. The molecule has 12 nitrogen and oxygen atoms in total. The van der Waals surface area contributed by atoms with Gasteiger partial charge in [0.05, 0.1) is 35.0 Å². The number of hydrogen-bond acceptors (Lipinski definition) is 12. The Bertz CT molecular complexity index is 1850. The first-order chi connectivity index (χ1) is 21.2. The van der Waals surface area contributed by atoms with Gasteiger partial charge in [-0.25, -0.2) is 4.98 Å². The molecular weight excluding hydrogens is 600 g/mol. The molecule has 0 radical (unpaired) electrons. The van der Waals surface area contributed by atoms with Crippen molar-refractivity contribution < 1.29 is 39.9 Å². The number of phenols is 1. The SMILES string of the molecule is Cc1sc(Nc2ccc3c(c2O)C(=O)C2=C(O)C4(O)C(=O)C(C(N)=O)=C(O)C(N(C)C)C4C(O)C2C3C)nc1-c1ccccc1. The van der Waals surface area contributed by atoms with Gasteiger partial charge in [0.1, 0.15) is 17.1 Å². The van der Waals surface area contributed by atoms with Crippen LogP contribution >= 0.6 is 11.3 Å². The third kappa shape index (κ3) is 4.22. The summed E-state index contributed by atoms with van der Waals surface area (Å²) in [6.45, 7) is 3.59. The molecule has 2 aromatic carbocycles. The summed E-state index contributed by atoms with van der Waals surface area (Å²) in [5.41, 5.74) is 3.01. The highest BCUT2D eigenvalue weighted by Gasteiger charge is 2.67. The van der Waals surface area contributed by atoms with E-state index in [4.69, 9.17) is 5.73 Å². The van der Waals surface area contributed by atoms with Crippen LogP contribution < -0.4 is 11.1 Å². The number of aryl methyl sites for hydroxylation is 1. The number of aromatic nitrogens is 1. The summed E-state index contributed by atoms with van der Waals surface area (Å²) in [4.78, 5) is 46.9. The van der Waals surface area contributed by atoms with Crippen molar-refractivity contribution in [2.75, 3.05) is 19.4 Å². The zero-order valence-corrected chi connectivity index (χ0v) is 25.6. The molecule has 0 spiro atoms. The number of fused-ring (bicyclic) bond motifs is 3. The lowest BCUT2D eigenvalue weighted by molar-refractivity contribution is -0.162. The van der Waals surface area contributed by atoms with E-state index in [-0.39, 0.29) is 11.3 Å².